The van der Waals surface area contributed by atoms with Crippen LogP contribution in [0.15, 0.2) is 77.9 Å². The largest absolute Gasteiger partial charge is 0.294 e. The molecule has 0 saturated carbocycles. The fourth-order valence-corrected chi connectivity index (χ4v) is 5.86. The molecular formula is C30H20Cl2O4S. The molecule has 3 aromatic rings. The molecule has 0 fully saturated rings. The van der Waals surface area contributed by atoms with Crippen molar-refractivity contribution in [2.75, 3.05) is 0 Å². The van der Waals surface area contributed by atoms with Crippen LogP contribution in [-0.2, 0) is 4.79 Å². The Morgan fingerprint density at radius 2 is 1.27 bits per heavy atom. The molecule has 0 atom stereocenters. The first kappa shape index (κ1) is 25.3. The van der Waals surface area contributed by atoms with E-state index in [0.29, 0.717) is 37.2 Å². The fourth-order valence-electron chi connectivity index (χ4n) is 4.40. The molecule has 0 aliphatic heterocycles. The third-order valence-electron chi connectivity index (χ3n) is 6.33. The summed E-state index contributed by atoms with van der Waals surface area (Å²) in [5.41, 5.74) is 3.69. The highest BCUT2D eigenvalue weighted by Gasteiger charge is 2.26. The van der Waals surface area contributed by atoms with Gasteiger partial charge in [-0.05, 0) is 66.7 Å². The average Bonchev–Trinajstić information content (AvgIpc) is 3.29. The minimum atomic E-state index is -0.0884. The number of hydrogen-bond donors (Lipinski definition) is 0. The second kappa shape index (κ2) is 10.5. The number of ketones is 4. The smallest absolute Gasteiger partial charge is 0.168 e. The lowest BCUT2D eigenvalue weighted by molar-refractivity contribution is -0.113. The molecule has 0 spiro atoms. The van der Waals surface area contributed by atoms with Crippen LogP contribution in [0.3, 0.4) is 0 Å². The highest BCUT2D eigenvalue weighted by Crippen LogP contribution is 2.38. The summed E-state index contributed by atoms with van der Waals surface area (Å²) in [5.74, 6) is -0.301. The maximum absolute atomic E-state index is 13.0. The van der Waals surface area contributed by atoms with Crippen molar-refractivity contribution >= 4 is 69.3 Å². The minimum absolute atomic E-state index is 0.0624. The molecule has 2 aliphatic carbocycles. The Bertz CT molecular complexity index is 1540. The van der Waals surface area contributed by atoms with Gasteiger partial charge in [-0.25, -0.2) is 0 Å². The van der Waals surface area contributed by atoms with E-state index in [0.717, 1.165) is 16.0 Å². The molecule has 0 N–H and O–H groups in total. The van der Waals surface area contributed by atoms with E-state index in [-0.39, 0.29) is 48.8 Å². The maximum Gasteiger partial charge on any atom is 0.168 e. The predicted octanol–water partition coefficient (Wildman–Crippen LogP) is 7.85. The van der Waals surface area contributed by atoms with Gasteiger partial charge < -0.3 is 0 Å². The predicted molar refractivity (Wildman–Crippen MR) is 148 cm³/mol. The van der Waals surface area contributed by atoms with Crippen molar-refractivity contribution in [2.45, 2.75) is 25.7 Å². The molecule has 1 aromatic heterocycles. The van der Waals surface area contributed by atoms with Gasteiger partial charge in [0.15, 0.2) is 23.1 Å². The molecule has 2 aromatic carbocycles. The van der Waals surface area contributed by atoms with E-state index >= 15 is 0 Å². The lowest BCUT2D eigenvalue weighted by Crippen LogP contribution is -2.10. The van der Waals surface area contributed by atoms with Crippen LogP contribution in [0.1, 0.15) is 66.5 Å². The second-order valence-electron chi connectivity index (χ2n) is 9.01. The molecule has 0 saturated heterocycles. The van der Waals surface area contributed by atoms with Crippen LogP contribution in [0.5, 0.6) is 0 Å². The van der Waals surface area contributed by atoms with Gasteiger partial charge in [0.1, 0.15) is 0 Å². The molecule has 2 aliphatic rings. The molecule has 0 radical (unpaired) electrons. The van der Waals surface area contributed by atoms with Crippen molar-refractivity contribution in [3.63, 3.8) is 0 Å². The minimum Gasteiger partial charge on any atom is -0.294 e. The van der Waals surface area contributed by atoms with Crippen molar-refractivity contribution < 1.29 is 19.2 Å². The van der Waals surface area contributed by atoms with E-state index in [1.807, 2.05) is 12.2 Å². The number of carbonyl (C=O) groups is 4. The Morgan fingerprint density at radius 1 is 0.730 bits per heavy atom. The summed E-state index contributed by atoms with van der Waals surface area (Å²) in [4.78, 5) is 52.5. The molecule has 184 valence electrons. The third-order valence-corrected chi connectivity index (χ3v) is 7.95. The SMILES string of the molecule is O=C1CC(CC(=O)c2ccc(Cl)cc2)=CC=C1c1cc2c(s1)C=C(CC(=O)c1ccc(Cl)cc1)CC2=O. The van der Waals surface area contributed by atoms with Crippen LogP contribution in [0.2, 0.25) is 10.0 Å². The van der Waals surface area contributed by atoms with Gasteiger partial charge in [-0.3, -0.25) is 19.2 Å². The number of benzene rings is 2. The van der Waals surface area contributed by atoms with Crippen LogP contribution in [-0.4, -0.2) is 23.1 Å². The molecule has 4 nitrogen and oxygen atoms in total. The summed E-state index contributed by atoms with van der Waals surface area (Å²) in [5, 5.41) is 1.12. The summed E-state index contributed by atoms with van der Waals surface area (Å²) < 4.78 is 0. The van der Waals surface area contributed by atoms with Gasteiger partial charge in [-0.2, -0.15) is 0 Å². The first-order chi connectivity index (χ1) is 17.8. The van der Waals surface area contributed by atoms with Gasteiger partial charge in [0.2, 0.25) is 0 Å². The second-order valence-corrected chi connectivity index (χ2v) is 11.0. The molecule has 37 heavy (non-hydrogen) atoms. The number of allylic oxidation sites excluding steroid dienone is 5. The van der Waals surface area contributed by atoms with Crippen molar-refractivity contribution in [3.8, 4) is 0 Å². The Morgan fingerprint density at radius 3 is 1.84 bits per heavy atom. The van der Waals surface area contributed by atoms with E-state index in [9.17, 15) is 19.2 Å². The normalized spacial score (nSPS) is 15.0. The van der Waals surface area contributed by atoms with Crippen molar-refractivity contribution in [2.24, 2.45) is 0 Å². The van der Waals surface area contributed by atoms with Gasteiger partial charge in [0, 0.05) is 67.7 Å². The summed E-state index contributed by atoms with van der Waals surface area (Å²) in [7, 11) is 0. The van der Waals surface area contributed by atoms with Crippen LogP contribution < -0.4 is 0 Å². The number of hydrogen-bond acceptors (Lipinski definition) is 5. The highest BCUT2D eigenvalue weighted by molar-refractivity contribution is 7.14. The van der Waals surface area contributed by atoms with E-state index in [1.165, 1.54) is 11.3 Å². The highest BCUT2D eigenvalue weighted by atomic mass is 35.5. The van der Waals surface area contributed by atoms with Crippen LogP contribution in [0.4, 0.5) is 0 Å². The number of Topliss-reactive ketones (excluding diaryl/α,β-unsaturated/α-hetero) is 4. The zero-order chi connectivity index (χ0) is 26.1. The quantitative estimate of drug-likeness (QED) is 0.283. The first-order valence-corrected chi connectivity index (χ1v) is 13.2. The van der Waals surface area contributed by atoms with Gasteiger partial charge in [0.25, 0.3) is 0 Å². The van der Waals surface area contributed by atoms with Gasteiger partial charge >= 0.3 is 0 Å². The zero-order valence-corrected chi connectivity index (χ0v) is 21.9. The standard InChI is InChI=1S/C30H20Cl2O4S/c31-21-6-2-19(3-7-21)25(33)11-17-1-10-23(27(35)12-17)30-16-24-28(36)14-18(15-29(24)37-30)13-26(34)20-4-8-22(32)9-5-20/h1-10,15-16H,11-14H2. The molecule has 0 bridgehead atoms. The van der Waals surface area contributed by atoms with Gasteiger partial charge in [0.05, 0.1) is 0 Å². The maximum atomic E-state index is 13.0. The Hall–Kier alpha value is -3.38. The summed E-state index contributed by atoms with van der Waals surface area (Å²) in [6.45, 7) is 0. The summed E-state index contributed by atoms with van der Waals surface area (Å²) in [6.07, 6.45) is 6.06. The monoisotopic (exact) mass is 546 g/mol. The van der Waals surface area contributed by atoms with E-state index in [4.69, 9.17) is 23.2 Å². The number of fused-ring (bicyclic) bond motifs is 1. The first-order valence-electron chi connectivity index (χ1n) is 11.6. The number of thiophene rings is 1. The summed E-state index contributed by atoms with van der Waals surface area (Å²) >= 11 is 13.2. The molecule has 0 amide bonds. The van der Waals surface area contributed by atoms with Crippen LogP contribution >= 0.6 is 34.5 Å². The Kier molecular flexibility index (Phi) is 7.20. The lowest BCUT2D eigenvalue weighted by Gasteiger charge is -2.12. The van der Waals surface area contributed by atoms with Crippen molar-refractivity contribution in [3.05, 3.63) is 114 Å². The van der Waals surface area contributed by atoms with E-state index in [2.05, 4.69) is 0 Å². The number of halogens is 2. The summed E-state index contributed by atoms with van der Waals surface area (Å²) in [6, 6.07) is 15.1. The van der Waals surface area contributed by atoms with Crippen molar-refractivity contribution in [1.82, 2.24) is 0 Å². The Labute approximate surface area is 227 Å². The van der Waals surface area contributed by atoms with Gasteiger partial charge in [-0.1, -0.05) is 40.4 Å². The zero-order valence-electron chi connectivity index (χ0n) is 19.6. The number of carbonyl (C=O) groups excluding carboxylic acids is 4. The topological polar surface area (TPSA) is 68.3 Å². The van der Waals surface area contributed by atoms with E-state index < -0.39 is 0 Å². The molecule has 7 heteroatoms. The molecule has 5 rings (SSSR count). The van der Waals surface area contributed by atoms with Crippen LogP contribution in [0.25, 0.3) is 11.6 Å². The molecule has 1 heterocycles. The molecular weight excluding hydrogens is 527 g/mol. The van der Waals surface area contributed by atoms with Gasteiger partial charge in [-0.15, -0.1) is 11.3 Å². The fraction of sp³-hybridized carbons (Fsp3) is 0.133. The van der Waals surface area contributed by atoms with Crippen LogP contribution in [0, 0.1) is 0 Å². The lowest BCUT2D eigenvalue weighted by atomic mass is 9.90. The number of rotatable bonds is 7. The van der Waals surface area contributed by atoms with Crippen molar-refractivity contribution in [1.29, 1.82) is 0 Å². The average molecular weight is 547 g/mol. The van der Waals surface area contributed by atoms with E-state index in [1.54, 1.807) is 60.7 Å². The molecule has 0 unspecified atom stereocenters. The Balaban J connectivity index is 1.33. The third kappa shape index (κ3) is 5.64.